The van der Waals surface area contributed by atoms with Crippen LogP contribution in [0, 0.1) is 6.92 Å². The fraction of sp³-hybridized carbons (Fsp3) is 0.578. The Labute approximate surface area is 385 Å². The van der Waals surface area contributed by atoms with Gasteiger partial charge >= 0.3 is 12.1 Å². The average Bonchev–Trinajstić information content (AvgIpc) is 3.30. The normalized spacial score (nSPS) is 11.9. The second-order valence-electron chi connectivity index (χ2n) is 13.7. The van der Waals surface area contributed by atoms with E-state index in [-0.39, 0.29) is 49.2 Å². The Morgan fingerprint density at radius 2 is 0.864 bits per heavy atom. The van der Waals surface area contributed by atoms with Gasteiger partial charge in [-0.25, -0.2) is 4.79 Å². The molecule has 0 fully saturated rings. The lowest BCUT2D eigenvalue weighted by Crippen LogP contribution is -2.16. The number of carbonyl (C=O) groups excluding carboxylic acids is 1. The van der Waals surface area contributed by atoms with E-state index < -0.39 is 27.8 Å². The highest BCUT2D eigenvalue weighted by atomic mass is 32.2. The topological polar surface area (TPSA) is 183 Å². The third kappa shape index (κ3) is 27.1. The minimum Gasteiger partial charge on any atom is -0.460 e. The Balaban J connectivity index is 0.960. The molecule has 0 aliphatic heterocycles. The van der Waals surface area contributed by atoms with E-state index >= 15 is 0 Å². The largest absolute Gasteiger partial charge is 0.460 e. The predicted octanol–water partition coefficient (Wildman–Crippen LogP) is 5.50. The van der Waals surface area contributed by atoms with E-state index in [1.165, 1.54) is 30.3 Å². The molecule has 1 N–H and O–H groups in total. The van der Waals surface area contributed by atoms with Crippen molar-refractivity contribution in [2.45, 2.75) is 18.0 Å². The lowest BCUT2D eigenvalue weighted by molar-refractivity contribution is -0.137. The number of para-hydroxylation sites is 1. The molecule has 0 bridgehead atoms. The van der Waals surface area contributed by atoms with Gasteiger partial charge in [-0.2, -0.15) is 21.6 Å². The molecule has 372 valence electrons. The van der Waals surface area contributed by atoms with Crippen molar-refractivity contribution in [3.05, 3.63) is 89.5 Å². The van der Waals surface area contributed by atoms with Crippen molar-refractivity contribution in [3.63, 3.8) is 0 Å². The molecule has 0 heterocycles. The molecule has 17 nitrogen and oxygen atoms in total. The third-order valence-corrected chi connectivity index (χ3v) is 9.90. The number of hydrogen-bond acceptors (Lipinski definition) is 17. The van der Waals surface area contributed by atoms with Crippen LogP contribution in [-0.4, -0.2) is 173 Å². The van der Waals surface area contributed by atoms with Gasteiger partial charge in [-0.3, -0.25) is 4.18 Å². The highest BCUT2D eigenvalue weighted by molar-refractivity contribution is 7.86. The number of nitrogens with one attached hydrogen (secondary N) is 1. The molecule has 0 saturated heterocycles. The van der Waals surface area contributed by atoms with E-state index in [1.807, 2.05) is 6.92 Å². The molecule has 0 saturated carbocycles. The number of hydrogen-bond donors (Lipinski definition) is 1. The Morgan fingerprint density at radius 3 is 1.27 bits per heavy atom. The minimum absolute atomic E-state index is 0.0128. The van der Waals surface area contributed by atoms with Crippen molar-refractivity contribution < 1.29 is 87.4 Å². The van der Waals surface area contributed by atoms with E-state index in [2.05, 4.69) is 5.32 Å². The minimum atomic E-state index is -4.49. The third-order valence-electron chi connectivity index (χ3n) is 8.57. The summed E-state index contributed by atoms with van der Waals surface area (Å²) in [5.41, 5.74) is 0.842. The monoisotopic (exact) mass is 963 g/mol. The van der Waals surface area contributed by atoms with Gasteiger partial charge in [0.1, 0.15) is 6.61 Å². The van der Waals surface area contributed by atoms with Crippen LogP contribution < -0.4 is 5.32 Å². The number of carbonyl (C=O) groups is 1. The Hall–Kier alpha value is -3.81. The van der Waals surface area contributed by atoms with Gasteiger partial charge in [-0.1, -0.05) is 35.9 Å². The fourth-order valence-corrected chi connectivity index (χ4v) is 6.14. The van der Waals surface area contributed by atoms with Gasteiger partial charge in [0.25, 0.3) is 10.1 Å². The molecule has 0 aromatic heterocycles. The Kier molecular flexibility index (Phi) is 30.3. The summed E-state index contributed by atoms with van der Waals surface area (Å²) in [5, 5.41) is 2.86. The first-order chi connectivity index (χ1) is 32.1. The van der Waals surface area contributed by atoms with Crippen LogP contribution in [0.5, 0.6) is 0 Å². The first-order valence-corrected chi connectivity index (χ1v) is 23.0. The van der Waals surface area contributed by atoms with E-state index in [4.69, 9.17) is 61.0 Å². The summed E-state index contributed by atoms with van der Waals surface area (Å²) in [7, 11) is -3.80. The fourth-order valence-electron chi connectivity index (χ4n) is 5.25. The SMILES string of the molecule is Cc1ccc(S(=O)(=O)OCCOCCOCCOCCOCCOCCOCCOCCOCCOCCOCCOCCOC(=O)c2ccccc2Nc2cccc(C(F)(F)F)c2)cc1. The molecule has 0 unspecified atom stereocenters. The van der Waals surface area contributed by atoms with Crippen LogP contribution in [0.4, 0.5) is 24.5 Å². The zero-order chi connectivity index (χ0) is 47.4. The van der Waals surface area contributed by atoms with Crippen LogP contribution >= 0.6 is 0 Å². The molecule has 0 amide bonds. The number of halogens is 3. The molecular weight excluding hydrogens is 900 g/mol. The van der Waals surface area contributed by atoms with Gasteiger partial charge < -0.3 is 62.2 Å². The molecule has 0 aliphatic carbocycles. The summed E-state index contributed by atoms with van der Waals surface area (Å²) in [5.74, 6) is -0.637. The molecule has 3 aromatic rings. The Bertz CT molecular complexity index is 1810. The molecule has 0 radical (unpaired) electrons. The molecule has 66 heavy (non-hydrogen) atoms. The number of rotatable bonds is 41. The van der Waals surface area contributed by atoms with Gasteiger partial charge in [0, 0.05) is 5.69 Å². The molecular formula is C45H64F3NO16S. The van der Waals surface area contributed by atoms with Crippen LogP contribution in [0.15, 0.2) is 77.7 Å². The highest BCUT2D eigenvalue weighted by Crippen LogP contribution is 2.32. The standard InChI is InChI=1S/C45H64F3NO16S/c1-38-9-11-41(12-10-38)66(51,52)65-36-34-63-32-30-61-28-26-59-24-22-57-20-18-55-16-14-53-13-15-54-17-19-56-21-23-58-25-27-60-29-31-62-33-35-64-44(50)42-7-2-3-8-43(42)49-40-6-4-5-39(37-40)45(46,47)48/h2-12,37,49H,13-36H2,1H3. The maximum atomic E-state index is 13.1. The summed E-state index contributed by atoms with van der Waals surface area (Å²) < 4.78 is 134. The van der Waals surface area contributed by atoms with Gasteiger partial charge in [0.2, 0.25) is 0 Å². The van der Waals surface area contributed by atoms with Crippen molar-refractivity contribution in [3.8, 4) is 0 Å². The van der Waals surface area contributed by atoms with E-state index in [0.29, 0.717) is 131 Å². The van der Waals surface area contributed by atoms with Crippen molar-refractivity contribution in [2.24, 2.45) is 0 Å². The smallest absolute Gasteiger partial charge is 0.416 e. The number of aryl methyl sites for hydroxylation is 1. The first-order valence-electron chi connectivity index (χ1n) is 21.6. The highest BCUT2D eigenvalue weighted by Gasteiger charge is 2.30. The maximum Gasteiger partial charge on any atom is 0.416 e. The van der Waals surface area contributed by atoms with Crippen molar-refractivity contribution in [2.75, 3.05) is 164 Å². The molecule has 3 aromatic carbocycles. The van der Waals surface area contributed by atoms with Crippen molar-refractivity contribution in [1.82, 2.24) is 0 Å². The summed E-state index contributed by atoms with van der Waals surface area (Å²) in [6.45, 7) is 10.1. The summed E-state index contributed by atoms with van der Waals surface area (Å²) in [4.78, 5) is 12.7. The maximum absolute atomic E-state index is 13.1. The zero-order valence-corrected chi connectivity index (χ0v) is 38.3. The van der Waals surface area contributed by atoms with E-state index in [0.717, 1.165) is 17.7 Å². The number of benzene rings is 3. The number of esters is 1. The van der Waals surface area contributed by atoms with Crippen LogP contribution in [0.1, 0.15) is 21.5 Å². The van der Waals surface area contributed by atoms with Gasteiger partial charge in [-0.15, -0.1) is 0 Å². The summed E-state index contributed by atoms with van der Waals surface area (Å²) in [6.07, 6.45) is -4.49. The Morgan fingerprint density at radius 1 is 0.485 bits per heavy atom. The molecule has 0 aliphatic rings. The summed E-state index contributed by atoms with van der Waals surface area (Å²) >= 11 is 0. The van der Waals surface area contributed by atoms with Crippen LogP contribution in [0.25, 0.3) is 0 Å². The molecule has 0 spiro atoms. The second kappa shape index (κ2) is 35.3. The molecule has 3 rings (SSSR count). The molecule has 0 atom stereocenters. The first kappa shape index (κ1) is 56.5. The number of anilines is 2. The predicted molar refractivity (Wildman–Crippen MR) is 235 cm³/mol. The van der Waals surface area contributed by atoms with Gasteiger partial charge in [0.05, 0.1) is 174 Å². The van der Waals surface area contributed by atoms with E-state index in [1.54, 1.807) is 30.3 Å². The van der Waals surface area contributed by atoms with Crippen molar-refractivity contribution in [1.29, 1.82) is 0 Å². The van der Waals surface area contributed by atoms with Gasteiger partial charge in [0.15, 0.2) is 0 Å². The van der Waals surface area contributed by atoms with Crippen LogP contribution in [0.3, 0.4) is 0 Å². The lowest BCUT2D eigenvalue weighted by atomic mass is 10.1. The van der Waals surface area contributed by atoms with Crippen LogP contribution in [-0.2, 0) is 77.3 Å². The van der Waals surface area contributed by atoms with Crippen LogP contribution in [0.2, 0.25) is 0 Å². The van der Waals surface area contributed by atoms with Crippen molar-refractivity contribution >= 4 is 27.5 Å². The summed E-state index contributed by atoms with van der Waals surface area (Å²) in [6, 6.07) is 17.5. The average molecular weight is 964 g/mol. The zero-order valence-electron chi connectivity index (χ0n) is 37.5. The lowest BCUT2D eigenvalue weighted by Gasteiger charge is -2.13. The van der Waals surface area contributed by atoms with E-state index in [9.17, 15) is 26.4 Å². The second-order valence-corrected chi connectivity index (χ2v) is 15.3. The number of ether oxygens (including phenoxy) is 12. The quantitative estimate of drug-likeness (QED) is 0.0427. The number of alkyl halides is 3. The molecule has 21 heteroatoms. The van der Waals surface area contributed by atoms with Gasteiger partial charge in [-0.05, 0) is 49.4 Å².